The number of hydrogen-bond acceptors (Lipinski definition) is 3. The predicted octanol–water partition coefficient (Wildman–Crippen LogP) is 2.95. The van der Waals surface area contributed by atoms with Gasteiger partial charge in [0.15, 0.2) is 6.61 Å². The quantitative estimate of drug-likeness (QED) is 0.932. The van der Waals surface area contributed by atoms with Crippen molar-refractivity contribution in [3.8, 4) is 5.75 Å². The van der Waals surface area contributed by atoms with Gasteiger partial charge in [-0.2, -0.15) is 0 Å². The molecule has 128 valence electrons. The van der Waals surface area contributed by atoms with Crippen LogP contribution in [0.5, 0.6) is 5.75 Å². The molecule has 0 spiro atoms. The van der Waals surface area contributed by atoms with Crippen LogP contribution in [0.25, 0.3) is 0 Å². The maximum atomic E-state index is 12.5. The first kappa shape index (κ1) is 17.8. The van der Waals surface area contributed by atoms with Crippen molar-refractivity contribution in [3.05, 3.63) is 29.8 Å². The van der Waals surface area contributed by atoms with Gasteiger partial charge < -0.3 is 15.4 Å². The Balaban J connectivity index is 2.01. The summed E-state index contributed by atoms with van der Waals surface area (Å²) < 4.78 is 5.85. The monoisotopic (exact) mass is 318 g/mol. The van der Waals surface area contributed by atoms with Gasteiger partial charge in [0.25, 0.3) is 5.91 Å². The summed E-state index contributed by atoms with van der Waals surface area (Å²) in [6, 6.07) is 8.09. The summed E-state index contributed by atoms with van der Waals surface area (Å²) in [5.74, 6) is 0.829. The van der Waals surface area contributed by atoms with E-state index in [2.05, 4.69) is 40.7 Å². The largest absolute Gasteiger partial charge is 0.483 e. The number of nitrogens with two attached hydrogens (primary N) is 1. The van der Waals surface area contributed by atoms with Crippen LogP contribution in [0.15, 0.2) is 24.3 Å². The van der Waals surface area contributed by atoms with E-state index in [1.807, 2.05) is 23.1 Å². The Morgan fingerprint density at radius 1 is 1.35 bits per heavy atom. The minimum Gasteiger partial charge on any atom is -0.483 e. The van der Waals surface area contributed by atoms with Crippen LogP contribution in [0.3, 0.4) is 0 Å². The average Bonchev–Trinajstić information content (AvgIpc) is 2.47. The molecule has 1 fully saturated rings. The van der Waals surface area contributed by atoms with E-state index in [4.69, 9.17) is 10.5 Å². The van der Waals surface area contributed by atoms with Gasteiger partial charge in [0.2, 0.25) is 0 Å². The van der Waals surface area contributed by atoms with Crippen molar-refractivity contribution >= 4 is 5.91 Å². The molecule has 1 unspecified atom stereocenters. The van der Waals surface area contributed by atoms with Crippen molar-refractivity contribution in [1.29, 1.82) is 0 Å². The van der Waals surface area contributed by atoms with Crippen LogP contribution in [0.2, 0.25) is 0 Å². The number of para-hydroxylation sites is 1. The fourth-order valence-corrected chi connectivity index (χ4v) is 3.03. The van der Waals surface area contributed by atoms with Gasteiger partial charge in [-0.05, 0) is 28.9 Å². The lowest BCUT2D eigenvalue weighted by Gasteiger charge is -2.42. The highest BCUT2D eigenvalue weighted by Crippen LogP contribution is 2.31. The summed E-state index contributed by atoms with van der Waals surface area (Å²) in [5, 5.41) is 0. The molecular weight excluding hydrogens is 288 g/mol. The molecule has 0 aliphatic carbocycles. The average molecular weight is 318 g/mol. The fourth-order valence-electron chi connectivity index (χ4n) is 3.03. The van der Waals surface area contributed by atoms with E-state index in [-0.39, 0.29) is 29.4 Å². The second-order valence-electron chi connectivity index (χ2n) is 8.23. The van der Waals surface area contributed by atoms with Gasteiger partial charge in [-0.3, -0.25) is 4.79 Å². The van der Waals surface area contributed by atoms with E-state index in [0.717, 1.165) is 17.7 Å². The minimum absolute atomic E-state index is 0.0144. The van der Waals surface area contributed by atoms with E-state index in [1.165, 1.54) is 0 Å². The Labute approximate surface area is 140 Å². The predicted molar refractivity (Wildman–Crippen MR) is 93.6 cm³/mol. The molecule has 1 aromatic carbocycles. The number of amides is 1. The molecule has 1 aromatic rings. The molecule has 4 nitrogen and oxygen atoms in total. The first-order valence-electron chi connectivity index (χ1n) is 8.37. The van der Waals surface area contributed by atoms with Crippen LogP contribution in [0, 0.1) is 5.41 Å². The highest BCUT2D eigenvalue weighted by Gasteiger charge is 2.35. The summed E-state index contributed by atoms with van der Waals surface area (Å²) in [4.78, 5) is 14.4. The summed E-state index contributed by atoms with van der Waals surface area (Å²) in [7, 11) is 0. The highest BCUT2D eigenvalue weighted by atomic mass is 16.5. The summed E-state index contributed by atoms with van der Waals surface area (Å²) in [5.41, 5.74) is 7.20. The molecule has 23 heavy (non-hydrogen) atoms. The van der Waals surface area contributed by atoms with Crippen LogP contribution in [-0.4, -0.2) is 36.5 Å². The molecule has 1 amide bonds. The van der Waals surface area contributed by atoms with Crippen molar-refractivity contribution in [2.45, 2.75) is 52.5 Å². The van der Waals surface area contributed by atoms with E-state index >= 15 is 0 Å². The third-order valence-electron chi connectivity index (χ3n) is 4.71. The Morgan fingerprint density at radius 2 is 2.00 bits per heavy atom. The second kappa shape index (κ2) is 6.52. The second-order valence-corrected chi connectivity index (χ2v) is 8.23. The number of benzene rings is 1. The third kappa shape index (κ3) is 4.25. The maximum Gasteiger partial charge on any atom is 0.260 e. The number of ether oxygens (including phenoxy) is 1. The summed E-state index contributed by atoms with van der Waals surface area (Å²) >= 11 is 0. The third-order valence-corrected chi connectivity index (χ3v) is 4.71. The van der Waals surface area contributed by atoms with Crippen molar-refractivity contribution in [2.75, 3.05) is 19.7 Å². The molecule has 0 aromatic heterocycles. The molecule has 1 atom stereocenters. The van der Waals surface area contributed by atoms with Gasteiger partial charge in [0.05, 0.1) is 0 Å². The number of piperidine rings is 1. The normalized spacial score (nSPS) is 21.1. The van der Waals surface area contributed by atoms with Gasteiger partial charge in [-0.25, -0.2) is 0 Å². The zero-order valence-electron chi connectivity index (χ0n) is 15.1. The number of nitrogens with zero attached hydrogens (tertiary/aromatic N) is 1. The SMILES string of the molecule is CC(C)(C)c1ccccc1OCC(=O)N1CCC(N)C(C)(C)C1. The van der Waals surface area contributed by atoms with Gasteiger partial charge in [-0.1, -0.05) is 52.8 Å². The van der Waals surface area contributed by atoms with Gasteiger partial charge in [0, 0.05) is 19.1 Å². The van der Waals surface area contributed by atoms with Crippen molar-refractivity contribution in [2.24, 2.45) is 11.1 Å². The number of likely N-dealkylation sites (tertiary alicyclic amines) is 1. The van der Waals surface area contributed by atoms with Crippen LogP contribution >= 0.6 is 0 Å². The summed E-state index contributed by atoms with van der Waals surface area (Å²) in [6.45, 7) is 12.2. The smallest absolute Gasteiger partial charge is 0.260 e. The first-order valence-corrected chi connectivity index (χ1v) is 8.37. The van der Waals surface area contributed by atoms with Gasteiger partial charge in [-0.15, -0.1) is 0 Å². The van der Waals surface area contributed by atoms with E-state index in [1.54, 1.807) is 0 Å². The summed E-state index contributed by atoms with van der Waals surface area (Å²) in [6.07, 6.45) is 0.845. The molecule has 0 bridgehead atoms. The van der Waals surface area contributed by atoms with E-state index in [9.17, 15) is 4.79 Å². The molecule has 2 N–H and O–H groups in total. The molecule has 1 saturated heterocycles. The zero-order chi connectivity index (χ0) is 17.3. The number of rotatable bonds is 3. The number of carbonyl (C=O) groups excluding carboxylic acids is 1. The van der Waals surface area contributed by atoms with Crippen molar-refractivity contribution in [3.63, 3.8) is 0 Å². The standard InChI is InChI=1S/C19H30N2O2/c1-18(2,3)14-8-6-7-9-15(14)23-12-17(22)21-11-10-16(20)19(4,5)13-21/h6-9,16H,10-13,20H2,1-5H3. The first-order chi connectivity index (χ1) is 10.6. The van der Waals surface area contributed by atoms with E-state index in [0.29, 0.717) is 13.1 Å². The Morgan fingerprint density at radius 3 is 2.61 bits per heavy atom. The van der Waals surface area contributed by atoms with Gasteiger partial charge in [0.1, 0.15) is 5.75 Å². The lowest BCUT2D eigenvalue weighted by molar-refractivity contribution is -0.136. The van der Waals surface area contributed by atoms with Crippen molar-refractivity contribution in [1.82, 2.24) is 4.90 Å². The minimum atomic E-state index is -0.0444. The molecule has 0 saturated carbocycles. The molecule has 0 radical (unpaired) electrons. The lowest BCUT2D eigenvalue weighted by Crippen LogP contribution is -2.54. The van der Waals surface area contributed by atoms with Gasteiger partial charge >= 0.3 is 0 Å². The molecule has 4 heteroatoms. The fraction of sp³-hybridized carbons (Fsp3) is 0.632. The molecular formula is C19H30N2O2. The van der Waals surface area contributed by atoms with Crippen LogP contribution in [0.4, 0.5) is 0 Å². The Kier molecular flexibility index (Phi) is 5.04. The van der Waals surface area contributed by atoms with Crippen LogP contribution in [0.1, 0.15) is 46.6 Å². The number of hydrogen-bond donors (Lipinski definition) is 1. The van der Waals surface area contributed by atoms with Crippen LogP contribution in [-0.2, 0) is 10.2 Å². The maximum absolute atomic E-state index is 12.5. The van der Waals surface area contributed by atoms with Crippen LogP contribution < -0.4 is 10.5 Å². The topological polar surface area (TPSA) is 55.6 Å². The number of carbonyl (C=O) groups is 1. The zero-order valence-corrected chi connectivity index (χ0v) is 15.1. The molecule has 1 heterocycles. The van der Waals surface area contributed by atoms with Crippen molar-refractivity contribution < 1.29 is 9.53 Å². The Bertz CT molecular complexity index is 561. The van der Waals surface area contributed by atoms with E-state index < -0.39 is 0 Å². The molecule has 1 aliphatic rings. The Hall–Kier alpha value is -1.55. The highest BCUT2D eigenvalue weighted by molar-refractivity contribution is 5.78. The molecule has 2 rings (SSSR count). The molecule has 1 aliphatic heterocycles. The lowest BCUT2D eigenvalue weighted by atomic mass is 9.80.